The molecule has 1 rings (SSSR count). The van der Waals surface area contributed by atoms with Crippen molar-refractivity contribution in [2.45, 2.75) is 0 Å². The summed E-state index contributed by atoms with van der Waals surface area (Å²) in [5.74, 6) is -0.728. The number of amides is 1. The van der Waals surface area contributed by atoms with E-state index < -0.39 is 10.8 Å². The predicted molar refractivity (Wildman–Crippen MR) is 55.3 cm³/mol. The number of nitrogens with zero attached hydrogens (tertiary/aromatic N) is 2. The van der Waals surface area contributed by atoms with Gasteiger partial charge in [0.15, 0.2) is 0 Å². The molecule has 0 aliphatic rings. The third-order valence-electron chi connectivity index (χ3n) is 1.68. The van der Waals surface area contributed by atoms with Crippen LogP contribution in [0.1, 0.15) is 5.56 Å². The minimum Gasteiger partial charge on any atom is -0.267 e. The van der Waals surface area contributed by atoms with Crippen molar-refractivity contribution in [3.63, 3.8) is 0 Å². The summed E-state index contributed by atoms with van der Waals surface area (Å²) in [5.41, 5.74) is 0.564. The lowest BCUT2D eigenvalue weighted by Crippen LogP contribution is -1.87. The van der Waals surface area contributed by atoms with Gasteiger partial charge >= 0.3 is 0 Å². The van der Waals surface area contributed by atoms with E-state index in [9.17, 15) is 19.7 Å². The van der Waals surface area contributed by atoms with Crippen LogP contribution >= 0.6 is 0 Å². The average molecular weight is 218 g/mol. The highest BCUT2D eigenvalue weighted by molar-refractivity contribution is 5.94. The van der Waals surface area contributed by atoms with Gasteiger partial charge in [0, 0.05) is 18.2 Å². The monoisotopic (exact) mass is 218 g/mol. The molecule has 1 aromatic rings. The second-order valence-corrected chi connectivity index (χ2v) is 2.72. The maximum absolute atomic E-state index is 10.8. The Hall–Kier alpha value is -2.59. The molecule has 1 aromatic carbocycles. The number of hydrogen-bond acceptors (Lipinski definition) is 4. The van der Waals surface area contributed by atoms with Gasteiger partial charge in [-0.15, -0.1) is 4.99 Å². The van der Waals surface area contributed by atoms with Crippen molar-refractivity contribution in [3.05, 3.63) is 46.0 Å². The molecule has 16 heavy (non-hydrogen) atoms. The maximum Gasteiger partial charge on any atom is 0.280 e. The summed E-state index contributed by atoms with van der Waals surface area (Å²) in [5, 5.41) is 10.3. The molecule has 0 saturated carbocycles. The second kappa shape index (κ2) is 5.33. The van der Waals surface area contributed by atoms with Crippen LogP contribution < -0.4 is 0 Å². The summed E-state index contributed by atoms with van der Waals surface area (Å²) in [4.78, 5) is 33.2. The first-order chi connectivity index (χ1) is 7.63. The smallest absolute Gasteiger partial charge is 0.267 e. The van der Waals surface area contributed by atoms with Gasteiger partial charge in [-0.1, -0.05) is 0 Å². The number of isocyanates is 1. The number of hydrogen-bond donors (Lipinski definition) is 0. The summed E-state index contributed by atoms with van der Waals surface area (Å²) < 4.78 is 0. The van der Waals surface area contributed by atoms with Gasteiger partial charge in [-0.05, 0) is 23.8 Å². The Bertz CT molecular complexity index is 484. The third kappa shape index (κ3) is 3.28. The summed E-state index contributed by atoms with van der Waals surface area (Å²) in [6.07, 6.45) is 3.58. The lowest BCUT2D eigenvalue weighted by molar-refractivity contribution is -0.384. The van der Waals surface area contributed by atoms with Gasteiger partial charge in [0.2, 0.25) is 6.08 Å². The third-order valence-corrected chi connectivity index (χ3v) is 1.68. The lowest BCUT2D eigenvalue weighted by Gasteiger charge is -1.92. The quantitative estimate of drug-likeness (QED) is 0.252. The van der Waals surface area contributed by atoms with Crippen LogP contribution in [0.2, 0.25) is 0 Å². The van der Waals surface area contributed by atoms with Crippen molar-refractivity contribution in [2.75, 3.05) is 0 Å². The Morgan fingerprint density at radius 2 is 2.00 bits per heavy atom. The van der Waals surface area contributed by atoms with E-state index in [0.29, 0.717) is 5.56 Å². The maximum atomic E-state index is 10.8. The zero-order valence-corrected chi connectivity index (χ0v) is 7.99. The van der Waals surface area contributed by atoms with Gasteiger partial charge in [0.1, 0.15) is 0 Å². The van der Waals surface area contributed by atoms with Gasteiger partial charge in [-0.25, -0.2) is 4.79 Å². The average Bonchev–Trinajstić information content (AvgIpc) is 2.27. The normalized spacial score (nSPS) is 9.75. The molecule has 0 bridgehead atoms. The van der Waals surface area contributed by atoms with E-state index in [4.69, 9.17) is 0 Å². The molecule has 0 saturated heterocycles. The zero-order valence-electron chi connectivity index (χ0n) is 7.99. The Labute approximate surface area is 90.1 Å². The fraction of sp³-hybridized carbons (Fsp3) is 0. The molecule has 0 aliphatic heterocycles. The van der Waals surface area contributed by atoms with Crippen LogP contribution in [-0.4, -0.2) is 16.9 Å². The minimum atomic E-state index is -0.728. The van der Waals surface area contributed by atoms with Crippen LogP contribution in [0.5, 0.6) is 0 Å². The number of carbonyl (C=O) groups is 1. The molecule has 1 amide bonds. The minimum absolute atomic E-state index is 0.0330. The van der Waals surface area contributed by atoms with Gasteiger partial charge < -0.3 is 0 Å². The van der Waals surface area contributed by atoms with Crippen molar-refractivity contribution in [1.29, 1.82) is 0 Å². The van der Waals surface area contributed by atoms with Crippen molar-refractivity contribution in [1.82, 2.24) is 0 Å². The van der Waals surface area contributed by atoms with Crippen molar-refractivity contribution in [3.8, 4) is 0 Å². The highest BCUT2D eigenvalue weighted by Gasteiger charge is 2.02. The van der Waals surface area contributed by atoms with E-state index >= 15 is 0 Å². The standard InChI is InChI=1S/C10H6N2O4/c13-7-11-10(14)6-3-8-1-4-9(5-2-8)12(15)16/h1-6H/b6-3+. The fourth-order valence-electron chi connectivity index (χ4n) is 0.957. The van der Waals surface area contributed by atoms with E-state index in [2.05, 4.69) is 4.99 Å². The Morgan fingerprint density at radius 3 is 2.50 bits per heavy atom. The van der Waals surface area contributed by atoms with Crippen LogP contribution in [-0.2, 0) is 9.59 Å². The summed E-state index contributed by atoms with van der Waals surface area (Å²) in [6.45, 7) is 0. The summed E-state index contributed by atoms with van der Waals surface area (Å²) >= 11 is 0. The molecule has 0 aliphatic carbocycles. The highest BCUT2D eigenvalue weighted by atomic mass is 16.6. The Morgan fingerprint density at radius 1 is 1.38 bits per heavy atom. The van der Waals surface area contributed by atoms with E-state index in [-0.39, 0.29) is 5.69 Å². The van der Waals surface area contributed by atoms with E-state index in [1.54, 1.807) is 0 Å². The van der Waals surface area contributed by atoms with E-state index in [0.717, 1.165) is 12.2 Å². The predicted octanol–water partition coefficient (Wildman–Crippen LogP) is 1.47. The molecule has 0 atom stereocenters. The first-order valence-electron chi connectivity index (χ1n) is 4.18. The van der Waals surface area contributed by atoms with Crippen molar-refractivity contribution < 1.29 is 14.5 Å². The molecular weight excluding hydrogens is 212 g/mol. The number of rotatable bonds is 3. The number of nitro benzene ring substituents is 1. The first kappa shape index (κ1) is 11.5. The summed E-state index contributed by atoms with van der Waals surface area (Å²) in [6, 6.07) is 5.58. The number of aliphatic imine (C=N–C) groups is 1. The first-order valence-corrected chi connectivity index (χ1v) is 4.18. The van der Waals surface area contributed by atoms with Gasteiger partial charge in [-0.3, -0.25) is 14.9 Å². The highest BCUT2D eigenvalue weighted by Crippen LogP contribution is 2.12. The Kier molecular flexibility index (Phi) is 3.83. The van der Waals surface area contributed by atoms with Crippen molar-refractivity contribution in [2.24, 2.45) is 4.99 Å². The Balaban J connectivity index is 2.79. The number of nitro groups is 1. The SMILES string of the molecule is O=C=NC(=O)/C=C/c1ccc([N+](=O)[O-])cc1. The molecule has 0 radical (unpaired) electrons. The molecule has 0 unspecified atom stereocenters. The number of carbonyl (C=O) groups excluding carboxylic acids is 2. The molecule has 0 spiro atoms. The van der Waals surface area contributed by atoms with Gasteiger partial charge in [0.05, 0.1) is 4.92 Å². The fourth-order valence-corrected chi connectivity index (χ4v) is 0.957. The van der Waals surface area contributed by atoms with Crippen LogP contribution in [0.25, 0.3) is 6.08 Å². The molecule has 0 heterocycles. The van der Waals surface area contributed by atoms with Crippen LogP contribution in [0.4, 0.5) is 5.69 Å². The van der Waals surface area contributed by atoms with E-state index in [1.165, 1.54) is 30.3 Å². The van der Waals surface area contributed by atoms with Gasteiger partial charge in [-0.2, -0.15) is 0 Å². The molecule has 0 N–H and O–H groups in total. The van der Waals surface area contributed by atoms with Gasteiger partial charge in [0.25, 0.3) is 11.6 Å². The van der Waals surface area contributed by atoms with Crippen LogP contribution in [0, 0.1) is 10.1 Å². The van der Waals surface area contributed by atoms with Crippen LogP contribution in [0.15, 0.2) is 35.3 Å². The molecule has 6 heteroatoms. The largest absolute Gasteiger partial charge is 0.280 e. The summed E-state index contributed by atoms with van der Waals surface area (Å²) in [7, 11) is 0. The topological polar surface area (TPSA) is 89.6 Å². The second-order valence-electron chi connectivity index (χ2n) is 2.72. The molecule has 0 aromatic heterocycles. The molecule has 6 nitrogen and oxygen atoms in total. The molecule has 80 valence electrons. The van der Waals surface area contributed by atoms with Crippen molar-refractivity contribution >= 4 is 23.8 Å². The zero-order chi connectivity index (χ0) is 12.0. The molecular formula is C10H6N2O4. The molecule has 0 fully saturated rings. The number of non-ortho nitro benzene ring substituents is 1. The lowest BCUT2D eigenvalue weighted by atomic mass is 10.2. The van der Waals surface area contributed by atoms with Crippen LogP contribution in [0.3, 0.4) is 0 Å². The number of benzene rings is 1. The van der Waals surface area contributed by atoms with E-state index in [1.807, 2.05) is 0 Å².